The summed E-state index contributed by atoms with van der Waals surface area (Å²) in [7, 11) is 0. The highest BCUT2D eigenvalue weighted by molar-refractivity contribution is 6.31. The molecule has 0 saturated carbocycles. The SMILES string of the molecule is O=C(Nc1ccccc1OCC(O)CN1CCC(Oc2ccc(Cl)cc2)C1)c1cccc(Cl)c1. The molecule has 0 aliphatic carbocycles. The molecule has 1 saturated heterocycles. The highest BCUT2D eigenvalue weighted by atomic mass is 35.5. The van der Waals surface area contributed by atoms with E-state index in [2.05, 4.69) is 10.2 Å². The van der Waals surface area contributed by atoms with Crippen molar-refractivity contribution in [1.29, 1.82) is 0 Å². The van der Waals surface area contributed by atoms with Crippen LogP contribution in [0, 0.1) is 0 Å². The molecular formula is C26H26Cl2N2O4. The Kier molecular flexibility index (Phi) is 8.29. The second-order valence-electron chi connectivity index (χ2n) is 8.17. The molecule has 2 atom stereocenters. The van der Waals surface area contributed by atoms with E-state index in [-0.39, 0.29) is 18.6 Å². The van der Waals surface area contributed by atoms with Crippen molar-refractivity contribution in [2.24, 2.45) is 0 Å². The number of ether oxygens (including phenoxy) is 2. The number of rotatable bonds is 9. The maximum absolute atomic E-state index is 12.6. The van der Waals surface area contributed by atoms with Crippen molar-refractivity contribution < 1.29 is 19.4 Å². The number of nitrogens with zero attached hydrogens (tertiary/aromatic N) is 1. The number of β-amino-alcohol motifs (C(OH)–C–C–N with tert-alkyl or cyclic N) is 1. The van der Waals surface area contributed by atoms with Gasteiger partial charge in [0.1, 0.15) is 30.3 Å². The van der Waals surface area contributed by atoms with Crippen molar-refractivity contribution >= 4 is 34.8 Å². The van der Waals surface area contributed by atoms with Crippen LogP contribution in [0.2, 0.25) is 10.0 Å². The number of nitrogens with one attached hydrogen (secondary N) is 1. The van der Waals surface area contributed by atoms with E-state index in [1.54, 1.807) is 48.5 Å². The first-order valence-corrected chi connectivity index (χ1v) is 11.8. The third-order valence-electron chi connectivity index (χ3n) is 5.47. The molecule has 2 N–H and O–H groups in total. The van der Waals surface area contributed by atoms with Crippen LogP contribution in [0.5, 0.6) is 11.5 Å². The maximum atomic E-state index is 12.6. The summed E-state index contributed by atoms with van der Waals surface area (Å²) in [4.78, 5) is 14.7. The van der Waals surface area contributed by atoms with Crippen molar-refractivity contribution in [2.75, 3.05) is 31.6 Å². The molecule has 0 radical (unpaired) electrons. The van der Waals surface area contributed by atoms with Crippen molar-refractivity contribution in [1.82, 2.24) is 4.90 Å². The number of benzene rings is 3. The van der Waals surface area contributed by atoms with E-state index >= 15 is 0 Å². The van der Waals surface area contributed by atoms with Gasteiger partial charge in [-0.25, -0.2) is 0 Å². The standard InChI is InChI=1S/C26H26Cl2N2O4/c27-19-8-10-22(11-9-19)34-23-12-13-30(16-23)15-21(31)17-33-25-7-2-1-6-24(25)29-26(32)18-4-3-5-20(28)14-18/h1-11,14,21,23,31H,12-13,15-17H2,(H,29,32). The van der Waals surface area contributed by atoms with Crippen LogP contribution in [0.15, 0.2) is 72.8 Å². The van der Waals surface area contributed by atoms with Crippen LogP contribution in [0.3, 0.4) is 0 Å². The average molecular weight is 501 g/mol. The molecule has 0 bridgehead atoms. The summed E-state index contributed by atoms with van der Waals surface area (Å²) in [5.74, 6) is 0.988. The summed E-state index contributed by atoms with van der Waals surface area (Å²) >= 11 is 11.9. The van der Waals surface area contributed by atoms with Crippen LogP contribution < -0.4 is 14.8 Å². The van der Waals surface area contributed by atoms with Gasteiger partial charge < -0.3 is 19.9 Å². The Balaban J connectivity index is 1.26. The molecule has 4 rings (SSSR count). The number of halogens is 2. The topological polar surface area (TPSA) is 71.0 Å². The molecule has 8 heteroatoms. The zero-order chi connectivity index (χ0) is 23.9. The number of aliphatic hydroxyl groups excluding tert-OH is 1. The quantitative estimate of drug-likeness (QED) is 0.425. The number of carbonyl (C=O) groups excluding carboxylic acids is 1. The lowest BCUT2D eigenvalue weighted by Gasteiger charge is -2.21. The number of likely N-dealkylation sites (tertiary alicyclic amines) is 1. The molecule has 1 fully saturated rings. The maximum Gasteiger partial charge on any atom is 0.255 e. The van der Waals surface area contributed by atoms with Gasteiger partial charge in [0.2, 0.25) is 0 Å². The molecule has 34 heavy (non-hydrogen) atoms. The van der Waals surface area contributed by atoms with Gasteiger partial charge in [0.15, 0.2) is 0 Å². The molecule has 3 aromatic carbocycles. The first kappa shape index (κ1) is 24.4. The minimum Gasteiger partial charge on any atom is -0.489 e. The predicted molar refractivity (Wildman–Crippen MR) is 134 cm³/mol. The monoisotopic (exact) mass is 500 g/mol. The predicted octanol–water partition coefficient (Wildman–Crippen LogP) is 5.14. The smallest absolute Gasteiger partial charge is 0.255 e. The molecule has 0 aromatic heterocycles. The van der Waals surface area contributed by atoms with Gasteiger partial charge in [0.25, 0.3) is 5.91 Å². The Morgan fingerprint density at radius 2 is 1.85 bits per heavy atom. The van der Waals surface area contributed by atoms with Gasteiger partial charge in [-0.2, -0.15) is 0 Å². The zero-order valence-corrected chi connectivity index (χ0v) is 20.0. The van der Waals surface area contributed by atoms with Gasteiger partial charge in [-0.1, -0.05) is 41.4 Å². The fourth-order valence-corrected chi connectivity index (χ4v) is 4.14. The number of anilines is 1. The Morgan fingerprint density at radius 1 is 1.06 bits per heavy atom. The van der Waals surface area contributed by atoms with Crippen molar-refractivity contribution in [3.05, 3.63) is 88.4 Å². The fraction of sp³-hybridized carbons (Fsp3) is 0.269. The molecular weight excluding hydrogens is 475 g/mol. The zero-order valence-electron chi connectivity index (χ0n) is 18.5. The first-order chi connectivity index (χ1) is 16.5. The third-order valence-corrected chi connectivity index (χ3v) is 5.95. The number of hydrogen-bond acceptors (Lipinski definition) is 5. The van der Waals surface area contributed by atoms with E-state index in [0.717, 1.165) is 25.3 Å². The number of carbonyl (C=O) groups is 1. The highest BCUT2D eigenvalue weighted by Gasteiger charge is 2.26. The van der Waals surface area contributed by atoms with Gasteiger partial charge >= 0.3 is 0 Å². The van der Waals surface area contributed by atoms with Gasteiger partial charge in [-0.15, -0.1) is 0 Å². The highest BCUT2D eigenvalue weighted by Crippen LogP contribution is 2.25. The van der Waals surface area contributed by atoms with E-state index in [0.29, 0.717) is 33.6 Å². The molecule has 3 aromatic rings. The van der Waals surface area contributed by atoms with Crippen LogP contribution in [-0.2, 0) is 0 Å². The lowest BCUT2D eigenvalue weighted by molar-refractivity contribution is 0.0722. The normalized spacial score (nSPS) is 16.7. The third kappa shape index (κ3) is 6.87. The molecule has 0 spiro atoms. The van der Waals surface area contributed by atoms with Gasteiger partial charge in [0.05, 0.1) is 5.69 Å². The molecule has 1 aliphatic rings. The van der Waals surface area contributed by atoms with E-state index in [1.807, 2.05) is 24.3 Å². The number of aliphatic hydroxyl groups is 1. The van der Waals surface area contributed by atoms with Crippen molar-refractivity contribution in [2.45, 2.75) is 18.6 Å². The Morgan fingerprint density at radius 3 is 2.65 bits per heavy atom. The number of hydrogen-bond donors (Lipinski definition) is 2. The number of amides is 1. The summed E-state index contributed by atoms with van der Waals surface area (Å²) in [6.45, 7) is 2.13. The average Bonchev–Trinajstić information content (AvgIpc) is 3.26. The number of para-hydroxylation sites is 2. The van der Waals surface area contributed by atoms with Crippen LogP contribution >= 0.6 is 23.2 Å². The van der Waals surface area contributed by atoms with Gasteiger partial charge in [0, 0.05) is 35.2 Å². The Labute approximate surface area is 209 Å². The minimum absolute atomic E-state index is 0.0664. The lowest BCUT2D eigenvalue weighted by Crippen LogP contribution is -2.35. The summed E-state index contributed by atoms with van der Waals surface area (Å²) in [5.41, 5.74) is 0.976. The fourth-order valence-electron chi connectivity index (χ4n) is 3.82. The van der Waals surface area contributed by atoms with E-state index in [1.165, 1.54) is 0 Å². The van der Waals surface area contributed by atoms with E-state index in [9.17, 15) is 9.90 Å². The molecule has 6 nitrogen and oxygen atoms in total. The molecule has 1 amide bonds. The largest absolute Gasteiger partial charge is 0.489 e. The van der Waals surface area contributed by atoms with Crippen molar-refractivity contribution in [3.63, 3.8) is 0 Å². The Bertz CT molecular complexity index is 1110. The van der Waals surface area contributed by atoms with Crippen LogP contribution in [0.1, 0.15) is 16.8 Å². The van der Waals surface area contributed by atoms with Crippen LogP contribution in [-0.4, -0.2) is 54.4 Å². The van der Waals surface area contributed by atoms with Crippen molar-refractivity contribution in [3.8, 4) is 11.5 Å². The second kappa shape index (κ2) is 11.6. The van der Waals surface area contributed by atoms with Gasteiger partial charge in [-0.05, 0) is 61.0 Å². The summed E-state index contributed by atoms with van der Waals surface area (Å²) in [5, 5.41) is 14.5. The molecule has 1 aliphatic heterocycles. The molecule has 178 valence electrons. The van der Waals surface area contributed by atoms with Crippen LogP contribution in [0.25, 0.3) is 0 Å². The first-order valence-electron chi connectivity index (χ1n) is 11.1. The van der Waals surface area contributed by atoms with E-state index < -0.39 is 6.10 Å². The minimum atomic E-state index is -0.689. The summed E-state index contributed by atoms with van der Waals surface area (Å²) in [6.07, 6.45) is 0.261. The second-order valence-corrected chi connectivity index (χ2v) is 9.04. The van der Waals surface area contributed by atoms with Crippen LogP contribution in [0.4, 0.5) is 5.69 Å². The summed E-state index contributed by atoms with van der Waals surface area (Å²) in [6, 6.07) is 21.2. The summed E-state index contributed by atoms with van der Waals surface area (Å²) < 4.78 is 11.8. The van der Waals surface area contributed by atoms with E-state index in [4.69, 9.17) is 32.7 Å². The molecule has 1 heterocycles. The van der Waals surface area contributed by atoms with Gasteiger partial charge in [-0.3, -0.25) is 9.69 Å². The Hall–Kier alpha value is -2.77. The lowest BCUT2D eigenvalue weighted by atomic mass is 10.2. The molecule has 2 unspecified atom stereocenters.